The van der Waals surface area contributed by atoms with Crippen molar-refractivity contribution < 1.29 is 4.79 Å². The molecule has 2 nitrogen and oxygen atoms in total. The molecule has 0 aliphatic carbocycles. The Kier molecular flexibility index (Phi) is 2.73. The third kappa shape index (κ3) is 2.18. The molecule has 0 bridgehead atoms. The molecule has 2 aromatic rings. The zero-order valence-corrected chi connectivity index (χ0v) is 9.86. The Bertz CT molecular complexity index is 485. The van der Waals surface area contributed by atoms with Gasteiger partial charge in [0.25, 0.3) is 0 Å². The number of halogens is 1. The van der Waals surface area contributed by atoms with Crippen LogP contribution in [0.15, 0.2) is 47.2 Å². The van der Waals surface area contributed by atoms with E-state index in [4.69, 9.17) is 0 Å². The first kappa shape index (κ1) is 10.2. The summed E-state index contributed by atoms with van der Waals surface area (Å²) in [5, 5.41) is 0. The molecular weight excluding hydrogens is 254 g/mol. The molecule has 0 radical (unpaired) electrons. The quantitative estimate of drug-likeness (QED) is 0.761. The lowest BCUT2D eigenvalue weighted by molar-refractivity contribution is 0.101. The van der Waals surface area contributed by atoms with E-state index < -0.39 is 0 Å². The van der Waals surface area contributed by atoms with Gasteiger partial charge in [-0.1, -0.05) is 15.9 Å². The lowest BCUT2D eigenvalue weighted by Crippen LogP contribution is -1.91. The van der Waals surface area contributed by atoms with E-state index in [9.17, 15) is 4.79 Å². The molecule has 1 aromatic carbocycles. The smallest absolute Gasteiger partial charge is 0.161 e. The summed E-state index contributed by atoms with van der Waals surface area (Å²) >= 11 is 3.38. The predicted molar refractivity (Wildman–Crippen MR) is 63.5 cm³/mol. The molecule has 0 saturated carbocycles. The molecule has 0 spiro atoms. The highest BCUT2D eigenvalue weighted by Gasteiger charge is 2.02. The molecule has 0 unspecified atom stereocenters. The molecule has 2 rings (SSSR count). The van der Waals surface area contributed by atoms with Gasteiger partial charge in [0.05, 0.1) is 0 Å². The van der Waals surface area contributed by atoms with Crippen molar-refractivity contribution in [2.24, 2.45) is 0 Å². The second-order valence-electron chi connectivity index (χ2n) is 3.34. The van der Waals surface area contributed by atoms with Crippen molar-refractivity contribution in [2.45, 2.75) is 6.92 Å². The van der Waals surface area contributed by atoms with Crippen LogP contribution in [0.2, 0.25) is 0 Å². The molecule has 76 valence electrons. The lowest BCUT2D eigenvalue weighted by atomic mass is 10.2. The Morgan fingerprint density at radius 1 is 1.20 bits per heavy atom. The Hall–Kier alpha value is -1.35. The average molecular weight is 264 g/mol. The monoisotopic (exact) mass is 263 g/mol. The van der Waals surface area contributed by atoms with Gasteiger partial charge in [-0.2, -0.15) is 0 Å². The fourth-order valence-electron chi connectivity index (χ4n) is 1.38. The highest BCUT2D eigenvalue weighted by molar-refractivity contribution is 9.10. The normalized spacial score (nSPS) is 10.3. The van der Waals surface area contributed by atoms with E-state index in [2.05, 4.69) is 15.9 Å². The molecule has 3 heteroatoms. The number of carbonyl (C=O) groups excluding carboxylic acids is 1. The van der Waals surface area contributed by atoms with Crippen LogP contribution < -0.4 is 0 Å². The maximum absolute atomic E-state index is 11.1. The van der Waals surface area contributed by atoms with Gasteiger partial charge >= 0.3 is 0 Å². The third-order valence-corrected chi connectivity index (χ3v) is 2.75. The molecular formula is C12H10BrNO. The first-order valence-electron chi connectivity index (χ1n) is 4.62. The summed E-state index contributed by atoms with van der Waals surface area (Å²) in [6.07, 6.45) is 3.73. The molecule has 0 fully saturated rings. The van der Waals surface area contributed by atoms with Crippen LogP contribution in [0, 0.1) is 0 Å². The number of ketones is 1. The maximum Gasteiger partial charge on any atom is 0.161 e. The van der Waals surface area contributed by atoms with Crippen molar-refractivity contribution in [1.29, 1.82) is 0 Å². The van der Waals surface area contributed by atoms with Crippen molar-refractivity contribution >= 4 is 21.7 Å². The number of hydrogen-bond acceptors (Lipinski definition) is 1. The minimum absolute atomic E-state index is 0.0888. The van der Waals surface area contributed by atoms with Crippen LogP contribution >= 0.6 is 15.9 Å². The Balaban J connectivity index is 2.37. The molecule has 0 N–H and O–H groups in total. The van der Waals surface area contributed by atoms with Gasteiger partial charge in [0.2, 0.25) is 0 Å². The van der Waals surface area contributed by atoms with Gasteiger partial charge in [0, 0.05) is 28.1 Å². The van der Waals surface area contributed by atoms with Gasteiger partial charge < -0.3 is 4.57 Å². The number of rotatable bonds is 2. The molecule has 0 atom stereocenters. The van der Waals surface area contributed by atoms with Crippen LogP contribution in [-0.2, 0) is 0 Å². The number of hydrogen-bond donors (Lipinski definition) is 0. The SMILES string of the molecule is CC(=O)c1ccn(-c2ccc(Br)cc2)c1. The van der Waals surface area contributed by atoms with E-state index in [1.54, 1.807) is 6.92 Å². The Morgan fingerprint density at radius 2 is 1.87 bits per heavy atom. The van der Waals surface area contributed by atoms with Gasteiger partial charge in [0.1, 0.15) is 0 Å². The topological polar surface area (TPSA) is 22.0 Å². The van der Waals surface area contributed by atoms with E-state index >= 15 is 0 Å². The second-order valence-corrected chi connectivity index (χ2v) is 4.26. The molecule has 0 aliphatic heterocycles. The molecule has 0 amide bonds. The fourth-order valence-corrected chi connectivity index (χ4v) is 1.64. The van der Waals surface area contributed by atoms with E-state index in [-0.39, 0.29) is 5.78 Å². The Labute approximate surface area is 96.7 Å². The number of Topliss-reactive ketones (excluding diaryl/α,β-unsaturated/α-hetero) is 1. The zero-order valence-electron chi connectivity index (χ0n) is 8.27. The highest BCUT2D eigenvalue weighted by Crippen LogP contribution is 2.15. The van der Waals surface area contributed by atoms with Crippen molar-refractivity contribution in [1.82, 2.24) is 4.57 Å². The number of carbonyl (C=O) groups is 1. The summed E-state index contributed by atoms with van der Waals surface area (Å²) in [6.45, 7) is 1.57. The standard InChI is InChI=1S/C12H10BrNO/c1-9(15)10-6-7-14(8-10)12-4-2-11(13)3-5-12/h2-8H,1H3. The molecule has 1 aromatic heterocycles. The van der Waals surface area contributed by atoms with Crippen LogP contribution in [0.1, 0.15) is 17.3 Å². The van der Waals surface area contributed by atoms with Gasteiger partial charge in [-0.25, -0.2) is 0 Å². The van der Waals surface area contributed by atoms with Gasteiger partial charge in [0.15, 0.2) is 5.78 Å². The van der Waals surface area contributed by atoms with Crippen molar-refractivity contribution in [2.75, 3.05) is 0 Å². The first-order valence-corrected chi connectivity index (χ1v) is 5.41. The van der Waals surface area contributed by atoms with E-state index in [1.807, 2.05) is 47.3 Å². The minimum atomic E-state index is 0.0888. The number of aromatic nitrogens is 1. The third-order valence-electron chi connectivity index (χ3n) is 2.22. The first-order chi connectivity index (χ1) is 7.16. The average Bonchev–Trinajstić information content (AvgIpc) is 2.68. The summed E-state index contributed by atoms with van der Waals surface area (Å²) in [5.41, 5.74) is 1.78. The summed E-state index contributed by atoms with van der Waals surface area (Å²) in [5.74, 6) is 0.0888. The van der Waals surface area contributed by atoms with E-state index in [0.717, 1.165) is 15.7 Å². The number of nitrogens with zero attached hydrogens (tertiary/aromatic N) is 1. The van der Waals surface area contributed by atoms with Crippen LogP contribution in [-0.4, -0.2) is 10.4 Å². The summed E-state index contributed by atoms with van der Waals surface area (Å²) < 4.78 is 2.98. The maximum atomic E-state index is 11.1. The van der Waals surface area contributed by atoms with Gasteiger partial charge in [-0.15, -0.1) is 0 Å². The fraction of sp³-hybridized carbons (Fsp3) is 0.0833. The second kappa shape index (κ2) is 4.03. The van der Waals surface area contributed by atoms with Crippen molar-refractivity contribution in [3.05, 3.63) is 52.8 Å². The molecule has 0 saturated heterocycles. The summed E-state index contributed by atoms with van der Waals surface area (Å²) in [7, 11) is 0. The van der Waals surface area contributed by atoms with E-state index in [0.29, 0.717) is 0 Å². The van der Waals surface area contributed by atoms with Crippen molar-refractivity contribution in [3.63, 3.8) is 0 Å². The molecule has 15 heavy (non-hydrogen) atoms. The van der Waals surface area contributed by atoms with Crippen LogP contribution in [0.5, 0.6) is 0 Å². The van der Waals surface area contributed by atoms with Gasteiger partial charge in [-0.05, 0) is 37.3 Å². The van der Waals surface area contributed by atoms with Gasteiger partial charge in [-0.3, -0.25) is 4.79 Å². The predicted octanol–water partition coefficient (Wildman–Crippen LogP) is 3.44. The number of benzene rings is 1. The molecule has 1 heterocycles. The molecule has 0 aliphatic rings. The van der Waals surface area contributed by atoms with E-state index in [1.165, 1.54) is 0 Å². The highest BCUT2D eigenvalue weighted by atomic mass is 79.9. The summed E-state index contributed by atoms with van der Waals surface area (Å²) in [4.78, 5) is 11.1. The van der Waals surface area contributed by atoms with Crippen LogP contribution in [0.3, 0.4) is 0 Å². The Morgan fingerprint density at radius 3 is 2.40 bits per heavy atom. The van der Waals surface area contributed by atoms with Crippen LogP contribution in [0.4, 0.5) is 0 Å². The van der Waals surface area contributed by atoms with Crippen molar-refractivity contribution in [3.8, 4) is 5.69 Å². The zero-order chi connectivity index (χ0) is 10.8. The summed E-state index contributed by atoms with van der Waals surface area (Å²) in [6, 6.07) is 9.76. The minimum Gasteiger partial charge on any atom is -0.323 e. The lowest BCUT2D eigenvalue weighted by Gasteiger charge is -2.01. The largest absolute Gasteiger partial charge is 0.323 e. The van der Waals surface area contributed by atoms with Crippen LogP contribution in [0.25, 0.3) is 5.69 Å².